The van der Waals surface area contributed by atoms with Crippen LogP contribution in [0.25, 0.3) is 0 Å². The van der Waals surface area contributed by atoms with Crippen LogP contribution in [0.4, 0.5) is 10.1 Å². The van der Waals surface area contributed by atoms with Crippen molar-refractivity contribution in [2.24, 2.45) is 5.84 Å². The molecule has 1 rings (SSSR count). The van der Waals surface area contributed by atoms with Crippen molar-refractivity contribution < 1.29 is 4.39 Å². The van der Waals surface area contributed by atoms with Gasteiger partial charge in [-0.2, -0.15) is 4.39 Å². The van der Waals surface area contributed by atoms with Gasteiger partial charge in [-0.15, -0.1) is 0 Å². The van der Waals surface area contributed by atoms with E-state index in [1.807, 2.05) is 0 Å². The van der Waals surface area contributed by atoms with E-state index in [-0.39, 0.29) is 5.69 Å². The van der Waals surface area contributed by atoms with Gasteiger partial charge < -0.3 is 5.43 Å². The predicted octanol–water partition coefficient (Wildman–Crippen LogP) is 1.27. The molecule has 0 saturated heterocycles. The van der Waals surface area contributed by atoms with Gasteiger partial charge in [0, 0.05) is 10.7 Å². The highest BCUT2D eigenvalue weighted by atomic mass is 79.9. The fourth-order valence-electron chi connectivity index (χ4n) is 0.524. The summed E-state index contributed by atoms with van der Waals surface area (Å²) >= 11 is 3.11. The summed E-state index contributed by atoms with van der Waals surface area (Å²) in [6.07, 6.45) is 1.36. The predicted molar refractivity (Wildman–Crippen MR) is 39.7 cm³/mol. The number of nitrogens with two attached hydrogens (primary N) is 1. The normalized spacial score (nSPS) is 9.50. The Morgan fingerprint density at radius 1 is 1.70 bits per heavy atom. The highest BCUT2D eigenvalue weighted by molar-refractivity contribution is 9.10. The molecule has 3 N–H and O–H groups in total. The van der Waals surface area contributed by atoms with E-state index < -0.39 is 5.95 Å². The molecule has 10 heavy (non-hydrogen) atoms. The zero-order valence-corrected chi connectivity index (χ0v) is 6.52. The second kappa shape index (κ2) is 2.94. The number of anilines is 1. The summed E-state index contributed by atoms with van der Waals surface area (Å²) < 4.78 is 13.2. The number of halogens is 2. The second-order valence-electron chi connectivity index (χ2n) is 1.64. The van der Waals surface area contributed by atoms with Crippen LogP contribution in [-0.2, 0) is 0 Å². The first kappa shape index (κ1) is 7.43. The molecule has 0 bridgehead atoms. The van der Waals surface area contributed by atoms with Crippen LogP contribution in [0, 0.1) is 5.95 Å². The molecule has 0 aliphatic heterocycles. The van der Waals surface area contributed by atoms with Crippen molar-refractivity contribution in [1.29, 1.82) is 0 Å². The Labute approximate surface area is 65.5 Å². The maximum atomic E-state index is 12.5. The Kier molecular flexibility index (Phi) is 2.18. The molecule has 3 nitrogen and oxygen atoms in total. The maximum Gasteiger partial charge on any atom is 0.237 e. The minimum Gasteiger partial charge on any atom is -0.320 e. The molecule has 1 heterocycles. The molecule has 0 radical (unpaired) electrons. The van der Waals surface area contributed by atoms with Gasteiger partial charge in [0.05, 0.1) is 0 Å². The number of pyridine rings is 1. The van der Waals surface area contributed by atoms with Crippen molar-refractivity contribution in [2.45, 2.75) is 0 Å². The van der Waals surface area contributed by atoms with E-state index in [2.05, 4.69) is 26.3 Å². The number of hydrogen-bond acceptors (Lipinski definition) is 3. The number of nitrogens with one attached hydrogen (secondary N) is 1. The number of nitrogens with zero attached hydrogens (tertiary/aromatic N) is 1. The summed E-state index contributed by atoms with van der Waals surface area (Å²) in [7, 11) is 0. The molecule has 0 unspecified atom stereocenters. The second-order valence-corrected chi connectivity index (χ2v) is 2.55. The third-order valence-electron chi connectivity index (χ3n) is 0.961. The van der Waals surface area contributed by atoms with E-state index in [4.69, 9.17) is 5.84 Å². The van der Waals surface area contributed by atoms with Crippen LogP contribution in [0.1, 0.15) is 0 Å². The molecule has 0 atom stereocenters. The molecular weight excluding hydrogens is 201 g/mol. The average molecular weight is 206 g/mol. The van der Waals surface area contributed by atoms with E-state index in [0.29, 0.717) is 4.47 Å². The van der Waals surface area contributed by atoms with E-state index >= 15 is 0 Å². The summed E-state index contributed by atoms with van der Waals surface area (Å²) in [6.45, 7) is 0. The van der Waals surface area contributed by atoms with E-state index in [1.54, 1.807) is 0 Å². The summed E-state index contributed by atoms with van der Waals surface area (Å²) in [5.41, 5.74) is 2.34. The van der Waals surface area contributed by atoms with Crippen molar-refractivity contribution in [3.8, 4) is 0 Å². The van der Waals surface area contributed by atoms with Gasteiger partial charge >= 0.3 is 0 Å². The summed E-state index contributed by atoms with van der Waals surface area (Å²) in [6, 6.07) is 1.50. The van der Waals surface area contributed by atoms with Gasteiger partial charge in [0.1, 0.15) is 5.69 Å². The molecule has 1 aromatic heterocycles. The van der Waals surface area contributed by atoms with Gasteiger partial charge in [-0.1, -0.05) is 0 Å². The third kappa shape index (κ3) is 1.43. The van der Waals surface area contributed by atoms with Crippen molar-refractivity contribution in [1.82, 2.24) is 4.98 Å². The molecule has 0 aliphatic rings. The molecule has 0 aromatic carbocycles. The number of hydrazine groups is 1. The Morgan fingerprint density at radius 2 is 2.40 bits per heavy atom. The Bertz CT molecular complexity index is 240. The van der Waals surface area contributed by atoms with Gasteiger partial charge in [-0.25, -0.2) is 4.98 Å². The van der Waals surface area contributed by atoms with Crippen LogP contribution in [0.3, 0.4) is 0 Å². The van der Waals surface area contributed by atoms with Gasteiger partial charge in [0.15, 0.2) is 0 Å². The lowest BCUT2D eigenvalue weighted by atomic mass is 10.4. The van der Waals surface area contributed by atoms with Gasteiger partial charge in [-0.3, -0.25) is 5.84 Å². The van der Waals surface area contributed by atoms with Crippen LogP contribution in [0.2, 0.25) is 0 Å². The van der Waals surface area contributed by atoms with Crippen LogP contribution in [0.15, 0.2) is 16.7 Å². The van der Waals surface area contributed by atoms with E-state index in [9.17, 15) is 4.39 Å². The SMILES string of the molecule is NNc1cc(Br)cnc1F. The molecule has 5 heteroatoms. The molecule has 54 valence electrons. The minimum atomic E-state index is -0.606. The first-order valence-corrected chi connectivity index (χ1v) is 3.31. The molecule has 1 aromatic rings. The van der Waals surface area contributed by atoms with Crippen LogP contribution in [-0.4, -0.2) is 4.98 Å². The van der Waals surface area contributed by atoms with E-state index in [1.165, 1.54) is 12.3 Å². The molecular formula is C5H5BrFN3. The zero-order valence-electron chi connectivity index (χ0n) is 4.94. The van der Waals surface area contributed by atoms with Gasteiger partial charge in [0.25, 0.3) is 0 Å². The number of nitrogen functional groups attached to an aromatic ring is 1. The smallest absolute Gasteiger partial charge is 0.237 e. The molecule has 0 saturated carbocycles. The van der Waals surface area contributed by atoms with Crippen LogP contribution >= 0.6 is 15.9 Å². The monoisotopic (exact) mass is 205 g/mol. The van der Waals surface area contributed by atoms with Crippen LogP contribution < -0.4 is 11.3 Å². The lowest BCUT2D eigenvalue weighted by Gasteiger charge is -1.99. The molecule has 0 aliphatic carbocycles. The highest BCUT2D eigenvalue weighted by Crippen LogP contribution is 2.15. The first-order valence-electron chi connectivity index (χ1n) is 2.51. The fraction of sp³-hybridized carbons (Fsp3) is 0. The van der Waals surface area contributed by atoms with Crippen molar-refractivity contribution in [3.63, 3.8) is 0 Å². The standard InChI is InChI=1S/C5H5BrFN3/c6-3-1-4(10-8)5(7)9-2-3/h1-2,10H,8H2. The largest absolute Gasteiger partial charge is 0.320 e. The molecule has 0 amide bonds. The zero-order chi connectivity index (χ0) is 7.56. The summed E-state index contributed by atoms with van der Waals surface area (Å²) in [5.74, 6) is 4.36. The first-order chi connectivity index (χ1) is 4.74. The molecule has 0 spiro atoms. The summed E-state index contributed by atoms with van der Waals surface area (Å²) in [5, 5.41) is 0. The lowest BCUT2D eigenvalue weighted by molar-refractivity contribution is 0.586. The maximum absolute atomic E-state index is 12.5. The Morgan fingerprint density at radius 3 is 2.90 bits per heavy atom. The van der Waals surface area contributed by atoms with E-state index in [0.717, 1.165) is 0 Å². The van der Waals surface area contributed by atoms with Crippen molar-refractivity contribution >= 4 is 21.6 Å². The average Bonchev–Trinajstić information content (AvgIpc) is 1.94. The number of rotatable bonds is 1. The lowest BCUT2D eigenvalue weighted by Crippen LogP contribution is -2.09. The molecule has 0 fully saturated rings. The van der Waals surface area contributed by atoms with Gasteiger partial charge in [0.2, 0.25) is 5.95 Å². The van der Waals surface area contributed by atoms with Crippen molar-refractivity contribution in [3.05, 3.63) is 22.7 Å². The quantitative estimate of drug-likeness (QED) is 0.413. The minimum absolute atomic E-state index is 0.175. The third-order valence-corrected chi connectivity index (χ3v) is 1.39. The van der Waals surface area contributed by atoms with Gasteiger partial charge in [-0.05, 0) is 22.0 Å². The topological polar surface area (TPSA) is 50.9 Å². The number of aromatic nitrogens is 1. The van der Waals surface area contributed by atoms with Crippen molar-refractivity contribution in [2.75, 3.05) is 5.43 Å². The van der Waals surface area contributed by atoms with Crippen LogP contribution in [0.5, 0.6) is 0 Å². The Balaban J connectivity index is 3.09. The fourth-order valence-corrected chi connectivity index (χ4v) is 0.855. The highest BCUT2D eigenvalue weighted by Gasteiger charge is 2.00. The number of hydrogen-bond donors (Lipinski definition) is 2. The Hall–Kier alpha value is -0.680. The summed E-state index contributed by atoms with van der Waals surface area (Å²) in [4.78, 5) is 3.39.